The fourth-order valence-corrected chi connectivity index (χ4v) is 5.85. The van der Waals surface area contributed by atoms with Crippen molar-refractivity contribution in [3.63, 3.8) is 0 Å². The van der Waals surface area contributed by atoms with Gasteiger partial charge in [-0.25, -0.2) is 0 Å². The van der Waals surface area contributed by atoms with Crippen LogP contribution in [-0.2, 0) is 0 Å². The number of hydrogen-bond acceptors (Lipinski definition) is 1. The molecular formula is C17H27N. The van der Waals surface area contributed by atoms with Crippen LogP contribution in [0.4, 0.5) is 0 Å². The summed E-state index contributed by atoms with van der Waals surface area (Å²) in [6, 6.07) is 0. The van der Waals surface area contributed by atoms with Crippen LogP contribution in [0, 0.1) is 23.2 Å². The van der Waals surface area contributed by atoms with Gasteiger partial charge in [-0.05, 0) is 87.5 Å². The Bertz CT molecular complexity index is 311. The summed E-state index contributed by atoms with van der Waals surface area (Å²) in [6.45, 7) is 2.40. The van der Waals surface area contributed by atoms with E-state index in [2.05, 4.69) is 11.4 Å². The van der Waals surface area contributed by atoms with Gasteiger partial charge in [0.1, 0.15) is 0 Å². The Balaban J connectivity index is 1.47. The van der Waals surface area contributed by atoms with Crippen LogP contribution < -0.4 is 5.32 Å². The fraction of sp³-hybridized carbons (Fsp3) is 0.882. The Morgan fingerprint density at radius 1 is 1.06 bits per heavy atom. The number of hydrogen-bond donors (Lipinski definition) is 1. The van der Waals surface area contributed by atoms with Gasteiger partial charge in [0.25, 0.3) is 0 Å². The Kier molecular flexibility index (Phi) is 2.80. The summed E-state index contributed by atoms with van der Waals surface area (Å²) in [5.41, 5.74) is 2.45. The van der Waals surface area contributed by atoms with Crippen molar-refractivity contribution < 1.29 is 0 Å². The van der Waals surface area contributed by atoms with E-state index >= 15 is 0 Å². The highest BCUT2D eigenvalue weighted by molar-refractivity contribution is 5.11. The SMILES string of the molecule is C(/CC12CC3CC(CC(C3)C1)C2)=C1/CCCNC1. The summed E-state index contributed by atoms with van der Waals surface area (Å²) in [6.07, 6.45) is 16.2. The number of rotatable bonds is 2. The monoisotopic (exact) mass is 245 g/mol. The minimum atomic E-state index is 0.749. The molecule has 5 aliphatic rings. The van der Waals surface area contributed by atoms with E-state index in [-0.39, 0.29) is 0 Å². The molecule has 0 amide bonds. The molecule has 4 saturated carbocycles. The molecule has 0 radical (unpaired) electrons. The normalized spacial score (nSPS) is 48.9. The predicted octanol–water partition coefficient (Wildman–Crippen LogP) is 3.90. The second-order valence-corrected chi connectivity index (χ2v) is 7.76. The van der Waals surface area contributed by atoms with E-state index in [4.69, 9.17) is 0 Å². The highest BCUT2D eigenvalue weighted by Crippen LogP contribution is 2.61. The average molecular weight is 245 g/mol. The largest absolute Gasteiger partial charge is 0.313 e. The molecule has 1 saturated heterocycles. The molecule has 0 aromatic carbocycles. The molecule has 18 heavy (non-hydrogen) atoms. The van der Waals surface area contributed by atoms with Gasteiger partial charge in [-0.1, -0.05) is 11.6 Å². The predicted molar refractivity (Wildman–Crippen MR) is 75.4 cm³/mol. The van der Waals surface area contributed by atoms with Gasteiger partial charge >= 0.3 is 0 Å². The molecule has 1 N–H and O–H groups in total. The Morgan fingerprint density at radius 3 is 2.28 bits per heavy atom. The van der Waals surface area contributed by atoms with Gasteiger partial charge in [0.2, 0.25) is 0 Å². The standard InChI is InChI=1S/C17H27N/c1-2-13(12-18-5-1)3-4-17-9-14-6-15(10-17)8-16(7-14)11-17/h3,14-16,18H,1-2,4-12H2/b13-3+. The molecule has 1 nitrogen and oxygen atoms in total. The van der Waals surface area contributed by atoms with Crippen LogP contribution >= 0.6 is 0 Å². The van der Waals surface area contributed by atoms with Gasteiger partial charge in [-0.3, -0.25) is 0 Å². The molecule has 4 bridgehead atoms. The van der Waals surface area contributed by atoms with Crippen LogP contribution in [0.3, 0.4) is 0 Å². The third-order valence-electron chi connectivity index (χ3n) is 6.19. The van der Waals surface area contributed by atoms with E-state index in [9.17, 15) is 0 Å². The molecule has 0 unspecified atom stereocenters. The maximum atomic E-state index is 3.53. The van der Waals surface area contributed by atoms with Gasteiger partial charge in [0.15, 0.2) is 0 Å². The van der Waals surface area contributed by atoms with Crippen LogP contribution in [0.25, 0.3) is 0 Å². The van der Waals surface area contributed by atoms with Gasteiger partial charge in [0, 0.05) is 6.54 Å². The maximum Gasteiger partial charge on any atom is 0.0164 e. The fourth-order valence-electron chi connectivity index (χ4n) is 5.85. The molecule has 5 rings (SSSR count). The minimum Gasteiger partial charge on any atom is -0.313 e. The van der Waals surface area contributed by atoms with Crippen LogP contribution in [0.1, 0.15) is 57.8 Å². The van der Waals surface area contributed by atoms with Crippen molar-refractivity contribution in [3.8, 4) is 0 Å². The molecule has 0 aromatic rings. The third-order valence-corrected chi connectivity index (χ3v) is 6.19. The van der Waals surface area contributed by atoms with E-state index in [1.54, 1.807) is 44.1 Å². The van der Waals surface area contributed by atoms with Crippen molar-refractivity contribution in [2.24, 2.45) is 23.2 Å². The zero-order chi connectivity index (χ0) is 12.0. The number of nitrogens with one attached hydrogen (secondary N) is 1. The van der Waals surface area contributed by atoms with E-state index in [0.29, 0.717) is 0 Å². The average Bonchev–Trinajstić information content (AvgIpc) is 2.36. The Morgan fingerprint density at radius 2 is 1.72 bits per heavy atom. The lowest BCUT2D eigenvalue weighted by molar-refractivity contribution is -0.0507. The van der Waals surface area contributed by atoms with Gasteiger partial charge < -0.3 is 5.32 Å². The van der Waals surface area contributed by atoms with Crippen LogP contribution in [-0.4, -0.2) is 13.1 Å². The topological polar surface area (TPSA) is 12.0 Å². The van der Waals surface area contributed by atoms with Crippen molar-refractivity contribution in [2.75, 3.05) is 13.1 Å². The summed E-state index contributed by atoms with van der Waals surface area (Å²) in [5.74, 6) is 3.33. The third kappa shape index (κ3) is 2.05. The van der Waals surface area contributed by atoms with Gasteiger partial charge in [-0.2, -0.15) is 0 Å². The molecule has 1 aliphatic heterocycles. The first-order chi connectivity index (χ1) is 8.81. The quantitative estimate of drug-likeness (QED) is 0.728. The maximum absolute atomic E-state index is 3.53. The molecule has 1 heterocycles. The van der Waals surface area contributed by atoms with E-state index in [1.807, 2.05) is 0 Å². The van der Waals surface area contributed by atoms with E-state index in [1.165, 1.54) is 32.4 Å². The van der Waals surface area contributed by atoms with Crippen molar-refractivity contribution >= 4 is 0 Å². The Labute approximate surface area is 111 Å². The summed E-state index contributed by atoms with van der Waals surface area (Å²) >= 11 is 0. The molecule has 100 valence electrons. The molecule has 1 heteroatoms. The smallest absolute Gasteiger partial charge is 0.0164 e. The first-order valence-corrected chi connectivity index (χ1v) is 8.20. The second kappa shape index (κ2) is 4.37. The Hall–Kier alpha value is -0.300. The summed E-state index contributed by atoms with van der Waals surface area (Å²) in [4.78, 5) is 0. The van der Waals surface area contributed by atoms with Crippen molar-refractivity contribution in [3.05, 3.63) is 11.6 Å². The first-order valence-electron chi connectivity index (χ1n) is 8.20. The lowest BCUT2D eigenvalue weighted by Crippen LogP contribution is -2.45. The number of piperidine rings is 1. The van der Waals surface area contributed by atoms with Gasteiger partial charge in [0.05, 0.1) is 0 Å². The summed E-state index contributed by atoms with van der Waals surface area (Å²) in [7, 11) is 0. The van der Waals surface area contributed by atoms with Crippen molar-refractivity contribution in [1.29, 1.82) is 0 Å². The molecule has 4 aliphatic carbocycles. The van der Waals surface area contributed by atoms with Crippen molar-refractivity contribution in [2.45, 2.75) is 57.8 Å². The van der Waals surface area contributed by atoms with E-state index in [0.717, 1.165) is 23.2 Å². The van der Waals surface area contributed by atoms with Crippen LogP contribution in [0.2, 0.25) is 0 Å². The minimum absolute atomic E-state index is 0.749. The van der Waals surface area contributed by atoms with Gasteiger partial charge in [-0.15, -0.1) is 0 Å². The molecule has 5 fully saturated rings. The van der Waals surface area contributed by atoms with E-state index < -0.39 is 0 Å². The molecule has 0 spiro atoms. The lowest BCUT2D eigenvalue weighted by Gasteiger charge is -2.57. The summed E-state index contributed by atoms with van der Waals surface area (Å²) in [5, 5.41) is 3.53. The highest BCUT2D eigenvalue weighted by Gasteiger charge is 2.50. The molecular weight excluding hydrogens is 218 g/mol. The van der Waals surface area contributed by atoms with Crippen molar-refractivity contribution in [1.82, 2.24) is 5.32 Å². The molecule has 0 aromatic heterocycles. The lowest BCUT2D eigenvalue weighted by atomic mass is 9.49. The second-order valence-electron chi connectivity index (χ2n) is 7.76. The zero-order valence-corrected chi connectivity index (χ0v) is 11.6. The molecule has 0 atom stereocenters. The number of allylic oxidation sites excluding steroid dienone is 1. The first kappa shape index (κ1) is 11.5. The van der Waals surface area contributed by atoms with Crippen LogP contribution in [0.15, 0.2) is 11.6 Å². The van der Waals surface area contributed by atoms with Crippen LogP contribution in [0.5, 0.6) is 0 Å². The zero-order valence-electron chi connectivity index (χ0n) is 11.6. The highest BCUT2D eigenvalue weighted by atomic mass is 14.9. The summed E-state index contributed by atoms with van der Waals surface area (Å²) < 4.78 is 0.